The molecule has 1 spiro atoms. The number of hydrogen-bond donors (Lipinski definition) is 2. The lowest BCUT2D eigenvalue weighted by Crippen LogP contribution is -2.39. The Hall–Kier alpha value is -1.10. The maximum atomic E-state index is 13.0. The van der Waals surface area contributed by atoms with Gasteiger partial charge in [-0.1, -0.05) is 30.3 Å². The molecule has 1 aliphatic carbocycles. The van der Waals surface area contributed by atoms with Crippen LogP contribution in [0.25, 0.3) is 0 Å². The van der Waals surface area contributed by atoms with Gasteiger partial charge < -0.3 is 15.3 Å². The van der Waals surface area contributed by atoms with E-state index in [9.17, 15) is 9.90 Å². The number of amides is 1. The first kappa shape index (κ1) is 18.7. The number of aliphatic hydroxyl groups excluding tert-OH is 1. The van der Waals surface area contributed by atoms with Gasteiger partial charge in [-0.15, -0.1) is 12.4 Å². The number of hydrogen-bond acceptors (Lipinski definition) is 3. The van der Waals surface area contributed by atoms with Crippen molar-refractivity contribution < 1.29 is 9.90 Å². The molecule has 4 rings (SSSR count). The van der Waals surface area contributed by atoms with Gasteiger partial charge in [-0.2, -0.15) is 0 Å². The Kier molecular flexibility index (Phi) is 5.71. The average Bonchev–Trinajstić information content (AvgIpc) is 3.10. The lowest BCUT2D eigenvalue weighted by Gasteiger charge is -2.29. The summed E-state index contributed by atoms with van der Waals surface area (Å²) < 4.78 is 0. The summed E-state index contributed by atoms with van der Waals surface area (Å²) in [5, 5.41) is 13.9. The minimum atomic E-state index is -0.475. The van der Waals surface area contributed by atoms with Crippen LogP contribution < -0.4 is 5.32 Å². The number of nitrogens with one attached hydrogen (secondary N) is 1. The molecule has 1 saturated carbocycles. The molecule has 3 fully saturated rings. The fourth-order valence-corrected chi connectivity index (χ4v) is 4.81. The van der Waals surface area contributed by atoms with E-state index in [1.54, 1.807) is 0 Å². The molecule has 0 radical (unpaired) electrons. The highest BCUT2D eigenvalue weighted by atomic mass is 35.5. The SMILES string of the molecule is Cl.O=C(C1CC12CCNCC2)N1CCCC1CC(O)c1ccccc1. The summed E-state index contributed by atoms with van der Waals surface area (Å²) in [7, 11) is 0. The lowest BCUT2D eigenvalue weighted by molar-refractivity contribution is -0.135. The van der Waals surface area contributed by atoms with Crippen LogP contribution in [-0.4, -0.2) is 41.6 Å². The molecular weight excluding hydrogens is 336 g/mol. The number of rotatable bonds is 4. The van der Waals surface area contributed by atoms with Gasteiger partial charge in [0.15, 0.2) is 0 Å². The molecule has 1 aromatic rings. The smallest absolute Gasteiger partial charge is 0.226 e. The Morgan fingerprint density at radius 3 is 2.72 bits per heavy atom. The topological polar surface area (TPSA) is 52.6 Å². The van der Waals surface area contributed by atoms with Crippen LogP contribution in [0.1, 0.15) is 50.2 Å². The monoisotopic (exact) mass is 364 g/mol. The minimum Gasteiger partial charge on any atom is -0.388 e. The Balaban J connectivity index is 0.00000182. The fourth-order valence-electron chi connectivity index (χ4n) is 4.81. The molecule has 1 aromatic carbocycles. The molecule has 138 valence electrons. The van der Waals surface area contributed by atoms with E-state index in [1.165, 1.54) is 0 Å². The predicted molar refractivity (Wildman–Crippen MR) is 101 cm³/mol. The Morgan fingerprint density at radius 1 is 1.28 bits per heavy atom. The zero-order chi connectivity index (χ0) is 16.6. The van der Waals surface area contributed by atoms with Crippen molar-refractivity contribution in [3.05, 3.63) is 35.9 Å². The number of aliphatic hydroxyl groups is 1. The first-order valence-corrected chi connectivity index (χ1v) is 9.44. The molecule has 3 aliphatic rings. The molecule has 0 bridgehead atoms. The number of benzene rings is 1. The zero-order valence-electron chi connectivity index (χ0n) is 14.7. The van der Waals surface area contributed by atoms with Gasteiger partial charge in [0.2, 0.25) is 5.91 Å². The second kappa shape index (κ2) is 7.65. The maximum Gasteiger partial charge on any atom is 0.226 e. The number of carbonyl (C=O) groups is 1. The molecule has 2 saturated heterocycles. The van der Waals surface area contributed by atoms with Crippen molar-refractivity contribution in [1.29, 1.82) is 0 Å². The van der Waals surface area contributed by atoms with Crippen LogP contribution in [0.15, 0.2) is 30.3 Å². The first-order valence-electron chi connectivity index (χ1n) is 9.44. The third-order valence-electron chi connectivity index (χ3n) is 6.43. The standard InChI is InChI=1S/C20H28N2O2.ClH/c23-18(15-5-2-1-3-6-15)13-16-7-4-12-22(16)19(24)17-14-20(17)8-10-21-11-9-20;/h1-3,5-6,16-18,21,23H,4,7-14H2;1H. The molecule has 3 unspecified atom stereocenters. The summed E-state index contributed by atoms with van der Waals surface area (Å²) in [5.74, 6) is 0.605. The van der Waals surface area contributed by atoms with Gasteiger partial charge in [-0.3, -0.25) is 4.79 Å². The summed E-state index contributed by atoms with van der Waals surface area (Å²) in [4.78, 5) is 15.1. The third kappa shape index (κ3) is 3.71. The molecule has 5 heteroatoms. The Labute approximate surface area is 156 Å². The van der Waals surface area contributed by atoms with Crippen LogP contribution in [0.5, 0.6) is 0 Å². The van der Waals surface area contributed by atoms with Crippen LogP contribution in [0.4, 0.5) is 0 Å². The summed E-state index contributed by atoms with van der Waals surface area (Å²) in [6, 6.07) is 10.0. The number of likely N-dealkylation sites (tertiary alicyclic amines) is 1. The van der Waals surface area contributed by atoms with Crippen LogP contribution in [0, 0.1) is 11.3 Å². The summed E-state index contributed by atoms with van der Waals surface area (Å²) in [5.41, 5.74) is 1.26. The van der Waals surface area contributed by atoms with Crippen molar-refractivity contribution in [2.24, 2.45) is 11.3 Å². The molecule has 2 heterocycles. The largest absolute Gasteiger partial charge is 0.388 e. The molecule has 3 atom stereocenters. The highest BCUT2D eigenvalue weighted by molar-refractivity contribution is 5.85. The molecule has 25 heavy (non-hydrogen) atoms. The average molecular weight is 365 g/mol. The van der Waals surface area contributed by atoms with E-state index in [1.807, 2.05) is 30.3 Å². The van der Waals surface area contributed by atoms with Gasteiger partial charge in [0, 0.05) is 18.5 Å². The van der Waals surface area contributed by atoms with E-state index in [4.69, 9.17) is 0 Å². The van der Waals surface area contributed by atoms with Crippen LogP contribution in [0.3, 0.4) is 0 Å². The predicted octanol–water partition coefficient (Wildman–Crippen LogP) is 2.91. The van der Waals surface area contributed by atoms with Crippen molar-refractivity contribution in [1.82, 2.24) is 10.2 Å². The van der Waals surface area contributed by atoms with Crippen LogP contribution in [-0.2, 0) is 4.79 Å². The van der Waals surface area contributed by atoms with E-state index in [0.717, 1.165) is 57.3 Å². The highest BCUT2D eigenvalue weighted by Gasteiger charge is 2.59. The van der Waals surface area contributed by atoms with E-state index in [-0.39, 0.29) is 24.4 Å². The first-order chi connectivity index (χ1) is 11.7. The second-order valence-corrected chi connectivity index (χ2v) is 7.86. The van der Waals surface area contributed by atoms with Crippen molar-refractivity contribution in [3.63, 3.8) is 0 Å². The van der Waals surface area contributed by atoms with Crippen LogP contribution in [0.2, 0.25) is 0 Å². The van der Waals surface area contributed by atoms with Crippen molar-refractivity contribution in [2.45, 2.75) is 50.7 Å². The number of carbonyl (C=O) groups excluding carboxylic acids is 1. The Morgan fingerprint density at radius 2 is 2.00 bits per heavy atom. The molecule has 4 nitrogen and oxygen atoms in total. The van der Waals surface area contributed by atoms with Gasteiger partial charge in [-0.25, -0.2) is 0 Å². The maximum absolute atomic E-state index is 13.0. The zero-order valence-corrected chi connectivity index (χ0v) is 15.5. The third-order valence-corrected chi connectivity index (χ3v) is 6.43. The molecule has 2 aliphatic heterocycles. The van der Waals surface area contributed by atoms with E-state index in [0.29, 0.717) is 17.7 Å². The van der Waals surface area contributed by atoms with Crippen LogP contribution >= 0.6 is 12.4 Å². The number of nitrogens with zero attached hydrogens (tertiary/aromatic N) is 1. The van der Waals surface area contributed by atoms with E-state index < -0.39 is 6.10 Å². The van der Waals surface area contributed by atoms with Gasteiger partial charge in [0.1, 0.15) is 0 Å². The van der Waals surface area contributed by atoms with E-state index >= 15 is 0 Å². The molecule has 0 aromatic heterocycles. The molecular formula is C20H29ClN2O2. The summed E-state index contributed by atoms with van der Waals surface area (Å²) >= 11 is 0. The summed E-state index contributed by atoms with van der Waals surface area (Å²) in [6.45, 7) is 2.98. The minimum absolute atomic E-state index is 0. The fraction of sp³-hybridized carbons (Fsp3) is 0.650. The lowest BCUT2D eigenvalue weighted by atomic mass is 9.91. The van der Waals surface area contributed by atoms with E-state index in [2.05, 4.69) is 10.2 Å². The highest BCUT2D eigenvalue weighted by Crippen LogP contribution is 2.59. The van der Waals surface area contributed by atoms with Gasteiger partial charge >= 0.3 is 0 Å². The van der Waals surface area contributed by atoms with Crippen molar-refractivity contribution in [3.8, 4) is 0 Å². The number of halogens is 1. The van der Waals surface area contributed by atoms with Gasteiger partial charge in [-0.05, 0) is 62.6 Å². The molecule has 2 N–H and O–H groups in total. The van der Waals surface area contributed by atoms with Crippen molar-refractivity contribution >= 4 is 18.3 Å². The quantitative estimate of drug-likeness (QED) is 0.863. The second-order valence-electron chi connectivity index (χ2n) is 7.86. The number of piperidine rings is 1. The van der Waals surface area contributed by atoms with Gasteiger partial charge in [0.05, 0.1) is 6.10 Å². The van der Waals surface area contributed by atoms with Crippen molar-refractivity contribution in [2.75, 3.05) is 19.6 Å². The molecule has 1 amide bonds. The normalized spacial score (nSPS) is 28.4. The van der Waals surface area contributed by atoms with Gasteiger partial charge in [0.25, 0.3) is 0 Å². The summed E-state index contributed by atoms with van der Waals surface area (Å²) in [6.07, 6.45) is 5.66. The Bertz CT molecular complexity index is 589.